The van der Waals surface area contributed by atoms with Gasteiger partial charge in [-0.2, -0.15) is 0 Å². The summed E-state index contributed by atoms with van der Waals surface area (Å²) in [6, 6.07) is 0. The first-order valence-electron chi connectivity index (χ1n) is 6.91. The average molecular weight is 482 g/mol. The van der Waals surface area contributed by atoms with Gasteiger partial charge in [0.05, 0.1) is 25.2 Å². The molecular weight excluding hydrogens is 456 g/mol. The summed E-state index contributed by atoms with van der Waals surface area (Å²) in [7, 11) is 0. The van der Waals surface area contributed by atoms with Crippen LogP contribution in [0.4, 0.5) is 0 Å². The van der Waals surface area contributed by atoms with Gasteiger partial charge in [0, 0.05) is 0 Å². The molecule has 178 valence electrons. The Balaban J connectivity index is -0.000000120. The smallest absolute Gasteiger partial charge is 0.547 e. The van der Waals surface area contributed by atoms with E-state index in [4.69, 9.17) is 51.1 Å². The fourth-order valence-electron chi connectivity index (χ4n) is 1.32. The molecule has 0 aromatic rings. The molecule has 14 N–H and O–H groups in total. The Bertz CT molecular complexity index is 387. The molecule has 0 aromatic heterocycles. The van der Waals surface area contributed by atoms with Crippen molar-refractivity contribution in [1.29, 1.82) is 0 Å². The summed E-state index contributed by atoms with van der Waals surface area (Å²) >= 11 is 0. The molecule has 17 heteroatoms. The van der Waals surface area contributed by atoms with E-state index >= 15 is 0 Å². The maximum Gasteiger partial charge on any atom is 2.00 e. The van der Waals surface area contributed by atoms with E-state index in [1.54, 1.807) is 0 Å². The zero-order valence-corrected chi connectivity index (χ0v) is 15.6. The molecular formula is C12H26FeO16. The third kappa shape index (κ3) is 13.8. The molecule has 0 aliphatic carbocycles. The van der Waals surface area contributed by atoms with Gasteiger partial charge in [-0.05, 0) is 0 Å². The molecule has 0 bridgehead atoms. The van der Waals surface area contributed by atoms with Crippen LogP contribution in [0.1, 0.15) is 0 Å². The van der Waals surface area contributed by atoms with Crippen LogP contribution in [0.25, 0.3) is 0 Å². The van der Waals surface area contributed by atoms with Crippen LogP contribution in [0.2, 0.25) is 0 Å². The van der Waals surface area contributed by atoms with Crippen molar-refractivity contribution in [3.8, 4) is 0 Å². The monoisotopic (exact) mass is 482 g/mol. The Hall–Kier alpha value is -1.02. The fourth-order valence-corrected chi connectivity index (χ4v) is 1.32. The van der Waals surface area contributed by atoms with E-state index in [1.165, 1.54) is 0 Å². The Morgan fingerprint density at radius 2 is 0.793 bits per heavy atom. The molecule has 0 fully saturated rings. The molecule has 16 nitrogen and oxygen atoms in total. The van der Waals surface area contributed by atoms with Gasteiger partial charge < -0.3 is 81.8 Å². The predicted octanol–water partition coefficient (Wildman–Crippen LogP) is -11.3. The van der Waals surface area contributed by atoms with Crippen molar-refractivity contribution < 1.29 is 98.9 Å². The van der Waals surface area contributed by atoms with Gasteiger partial charge in [0.25, 0.3) is 0 Å². The Morgan fingerprint density at radius 3 is 0.931 bits per heavy atom. The zero-order chi connectivity index (χ0) is 21.2. The summed E-state index contributed by atoms with van der Waals surface area (Å²) in [5, 5.41) is 107. The minimum absolute atomic E-state index is 0. The Morgan fingerprint density at radius 1 is 0.586 bits per heavy atom. The van der Waals surface area contributed by atoms with E-state index in [1.807, 2.05) is 0 Å². The van der Waals surface area contributed by atoms with E-state index in [0.717, 1.165) is 0 Å². The first-order valence-corrected chi connectivity index (χ1v) is 6.91. The average Bonchev–Trinajstić information content (AvgIpc) is 2.62. The summed E-state index contributed by atoms with van der Waals surface area (Å²) in [5.41, 5.74) is 0. The van der Waals surface area contributed by atoms with Crippen LogP contribution < -0.4 is 10.2 Å². The second kappa shape index (κ2) is 19.0. The summed E-state index contributed by atoms with van der Waals surface area (Å²) in [5.74, 6) is -3.95. The van der Waals surface area contributed by atoms with E-state index < -0.39 is 74.0 Å². The van der Waals surface area contributed by atoms with E-state index in [9.17, 15) is 19.8 Å². The summed E-state index contributed by atoms with van der Waals surface area (Å²) in [6.07, 6.45) is -16.2. The van der Waals surface area contributed by atoms with E-state index in [-0.39, 0.29) is 28.0 Å². The SMILES string of the molecule is O.O.O=C([O-])[C@H](O)[C@@H](O)[C@H](O)[C@H](O)CO.O=C([O-])[C@H](O)[C@@H](O)[C@H](O)[C@H](O)CO.[Fe+2]. The van der Waals surface area contributed by atoms with Crippen molar-refractivity contribution >= 4 is 11.9 Å². The molecule has 0 saturated heterocycles. The number of carboxylic acids is 2. The van der Waals surface area contributed by atoms with Crippen LogP contribution in [0.15, 0.2) is 0 Å². The maximum absolute atomic E-state index is 9.98. The maximum atomic E-state index is 9.98. The van der Waals surface area contributed by atoms with Crippen molar-refractivity contribution in [2.45, 2.75) is 48.8 Å². The van der Waals surface area contributed by atoms with Gasteiger partial charge in [-0.15, -0.1) is 0 Å². The van der Waals surface area contributed by atoms with Crippen LogP contribution >= 0.6 is 0 Å². The van der Waals surface area contributed by atoms with Crippen molar-refractivity contribution in [2.24, 2.45) is 0 Å². The predicted molar refractivity (Wildman–Crippen MR) is 79.5 cm³/mol. The molecule has 29 heavy (non-hydrogen) atoms. The molecule has 0 rings (SSSR count). The molecule has 0 unspecified atom stereocenters. The Labute approximate surface area is 173 Å². The quantitative estimate of drug-likeness (QED) is 0.129. The minimum atomic E-state index is -2.31. The summed E-state index contributed by atoms with van der Waals surface area (Å²) < 4.78 is 0. The van der Waals surface area contributed by atoms with Crippen molar-refractivity contribution in [3.05, 3.63) is 0 Å². The second-order valence-electron chi connectivity index (χ2n) is 4.99. The normalized spacial score (nSPS) is 18.3. The summed E-state index contributed by atoms with van der Waals surface area (Å²) in [4.78, 5) is 20.0. The molecule has 0 aliphatic rings. The standard InChI is InChI=1S/2C6H12O7.Fe.2H2O/c2*7-1-2(8)3(9)4(10)5(11)6(12)13;;;/h2*2-5,7-11H,1H2,(H,12,13);;2*1H2/q;;+2;;/p-2/t2*2-,3-,4+,5-;;;/m11.../s1. The molecule has 0 aromatic carbocycles. The van der Waals surface area contributed by atoms with Crippen LogP contribution in [0, 0.1) is 0 Å². The third-order valence-corrected chi connectivity index (χ3v) is 2.99. The first kappa shape index (κ1) is 38.6. The second-order valence-corrected chi connectivity index (χ2v) is 4.99. The van der Waals surface area contributed by atoms with Crippen LogP contribution in [0.3, 0.4) is 0 Å². The Kier molecular flexibility index (Phi) is 25.2. The fraction of sp³-hybridized carbons (Fsp3) is 0.833. The van der Waals surface area contributed by atoms with Gasteiger partial charge in [0.2, 0.25) is 0 Å². The third-order valence-electron chi connectivity index (χ3n) is 2.99. The van der Waals surface area contributed by atoms with Gasteiger partial charge >= 0.3 is 17.1 Å². The van der Waals surface area contributed by atoms with E-state index in [2.05, 4.69) is 0 Å². The number of hydrogen-bond donors (Lipinski definition) is 10. The van der Waals surface area contributed by atoms with Crippen LogP contribution in [0.5, 0.6) is 0 Å². The molecule has 8 atom stereocenters. The largest absolute Gasteiger partial charge is 2.00 e. The van der Waals surface area contributed by atoms with Crippen molar-refractivity contribution in [1.82, 2.24) is 0 Å². The van der Waals surface area contributed by atoms with Crippen molar-refractivity contribution in [2.75, 3.05) is 13.2 Å². The number of rotatable bonds is 10. The van der Waals surface area contributed by atoms with Gasteiger partial charge in [0.1, 0.15) is 48.8 Å². The van der Waals surface area contributed by atoms with Gasteiger partial charge in [-0.3, -0.25) is 0 Å². The first-order chi connectivity index (χ1) is 11.8. The van der Waals surface area contributed by atoms with Crippen LogP contribution in [-0.4, -0.2) is 136 Å². The van der Waals surface area contributed by atoms with E-state index in [0.29, 0.717) is 0 Å². The number of carbonyl (C=O) groups excluding carboxylic acids is 2. The topological polar surface area (TPSA) is 346 Å². The molecule has 0 heterocycles. The van der Waals surface area contributed by atoms with Crippen molar-refractivity contribution in [3.63, 3.8) is 0 Å². The van der Waals surface area contributed by atoms with Gasteiger partial charge in [-0.1, -0.05) is 0 Å². The molecule has 0 amide bonds. The number of aliphatic hydroxyl groups excluding tert-OH is 10. The molecule has 0 spiro atoms. The number of hydrogen-bond acceptors (Lipinski definition) is 14. The number of carboxylic acid groups (broad SMARTS) is 2. The zero-order valence-electron chi connectivity index (χ0n) is 14.5. The molecule has 0 aliphatic heterocycles. The van der Waals surface area contributed by atoms with Gasteiger partial charge in [0.15, 0.2) is 0 Å². The number of aliphatic carboxylic acids is 2. The number of aliphatic hydroxyl groups is 10. The summed E-state index contributed by atoms with van der Waals surface area (Å²) in [6.45, 7) is -1.73. The minimum Gasteiger partial charge on any atom is -0.547 e. The molecule has 0 saturated carbocycles. The number of carbonyl (C=O) groups is 2. The molecule has 0 radical (unpaired) electrons. The van der Waals surface area contributed by atoms with Crippen LogP contribution in [-0.2, 0) is 26.7 Å². The van der Waals surface area contributed by atoms with Gasteiger partial charge in [-0.25, -0.2) is 0 Å².